The zero-order valence-corrected chi connectivity index (χ0v) is 15.0. The minimum atomic E-state index is -0.408. The number of ether oxygens (including phenoxy) is 1. The van der Waals surface area contributed by atoms with Crippen LogP contribution in [0.1, 0.15) is 6.42 Å². The fourth-order valence-electron chi connectivity index (χ4n) is 3.06. The van der Waals surface area contributed by atoms with Gasteiger partial charge in [-0.15, -0.1) is 0 Å². The molecule has 0 atom stereocenters. The molecule has 1 aliphatic rings. The average Bonchev–Trinajstić information content (AvgIpc) is 2.69. The second-order valence-electron chi connectivity index (χ2n) is 6.30. The van der Waals surface area contributed by atoms with Gasteiger partial charge in [0.05, 0.1) is 12.8 Å². The summed E-state index contributed by atoms with van der Waals surface area (Å²) < 4.78 is 18.7. The lowest BCUT2D eigenvalue weighted by atomic mass is 10.2. The number of amides is 1. The van der Waals surface area contributed by atoms with Crippen molar-refractivity contribution in [3.05, 3.63) is 54.3 Å². The molecule has 1 saturated heterocycles. The highest BCUT2D eigenvalue weighted by atomic mass is 19.1. The number of halogens is 1. The van der Waals surface area contributed by atoms with Gasteiger partial charge in [-0.25, -0.2) is 4.39 Å². The van der Waals surface area contributed by atoms with Gasteiger partial charge in [0, 0.05) is 44.8 Å². The monoisotopic (exact) mass is 357 g/mol. The summed E-state index contributed by atoms with van der Waals surface area (Å²) in [5, 5.41) is 2.63. The molecular weight excluding hydrogens is 333 g/mol. The highest BCUT2D eigenvalue weighted by Crippen LogP contribution is 2.20. The predicted molar refractivity (Wildman–Crippen MR) is 101 cm³/mol. The van der Waals surface area contributed by atoms with Crippen molar-refractivity contribution in [2.24, 2.45) is 0 Å². The van der Waals surface area contributed by atoms with Crippen molar-refractivity contribution in [3.8, 4) is 5.75 Å². The number of anilines is 2. The number of nitrogens with zero attached hydrogens (tertiary/aromatic N) is 2. The molecule has 138 valence electrons. The van der Waals surface area contributed by atoms with Gasteiger partial charge in [-0.2, -0.15) is 0 Å². The van der Waals surface area contributed by atoms with E-state index < -0.39 is 5.82 Å². The SMILES string of the molecule is COc1ccc(N2CCN(CCC(=O)Nc3ccccc3F)CC2)cc1. The summed E-state index contributed by atoms with van der Waals surface area (Å²) in [4.78, 5) is 16.6. The largest absolute Gasteiger partial charge is 0.497 e. The molecule has 2 aromatic carbocycles. The Kier molecular flexibility index (Phi) is 6.07. The molecule has 0 aliphatic carbocycles. The van der Waals surface area contributed by atoms with Crippen LogP contribution >= 0.6 is 0 Å². The number of benzene rings is 2. The molecule has 0 radical (unpaired) electrons. The highest BCUT2D eigenvalue weighted by Gasteiger charge is 2.18. The van der Waals surface area contributed by atoms with E-state index >= 15 is 0 Å². The van der Waals surface area contributed by atoms with E-state index in [0.29, 0.717) is 13.0 Å². The Morgan fingerprint density at radius 2 is 1.77 bits per heavy atom. The fraction of sp³-hybridized carbons (Fsp3) is 0.350. The van der Waals surface area contributed by atoms with Crippen LogP contribution in [-0.2, 0) is 4.79 Å². The molecule has 2 aromatic rings. The van der Waals surface area contributed by atoms with Crippen LogP contribution in [0, 0.1) is 5.82 Å². The number of piperazine rings is 1. The smallest absolute Gasteiger partial charge is 0.225 e. The van der Waals surface area contributed by atoms with Gasteiger partial charge in [0.15, 0.2) is 0 Å². The molecule has 3 rings (SSSR count). The van der Waals surface area contributed by atoms with Crippen molar-refractivity contribution in [1.29, 1.82) is 0 Å². The van der Waals surface area contributed by atoms with E-state index in [-0.39, 0.29) is 11.6 Å². The number of carbonyl (C=O) groups excluding carboxylic acids is 1. The first-order chi connectivity index (χ1) is 12.7. The van der Waals surface area contributed by atoms with Gasteiger partial charge in [-0.05, 0) is 36.4 Å². The minimum absolute atomic E-state index is 0.160. The summed E-state index contributed by atoms with van der Waals surface area (Å²) in [5.41, 5.74) is 1.42. The van der Waals surface area contributed by atoms with Crippen molar-refractivity contribution in [2.45, 2.75) is 6.42 Å². The summed E-state index contributed by atoms with van der Waals surface area (Å²) in [5.74, 6) is 0.287. The van der Waals surface area contributed by atoms with E-state index in [1.165, 1.54) is 11.8 Å². The molecule has 26 heavy (non-hydrogen) atoms. The highest BCUT2D eigenvalue weighted by molar-refractivity contribution is 5.90. The molecule has 1 amide bonds. The molecule has 1 aliphatic heterocycles. The van der Waals surface area contributed by atoms with E-state index in [1.54, 1.807) is 25.3 Å². The van der Waals surface area contributed by atoms with Gasteiger partial charge >= 0.3 is 0 Å². The second kappa shape index (κ2) is 8.67. The number of hydrogen-bond acceptors (Lipinski definition) is 4. The third-order valence-electron chi connectivity index (χ3n) is 4.61. The van der Waals surface area contributed by atoms with Crippen LogP contribution in [0.15, 0.2) is 48.5 Å². The summed E-state index contributed by atoms with van der Waals surface area (Å²) in [6, 6.07) is 14.3. The standard InChI is InChI=1S/C20H24FN3O2/c1-26-17-8-6-16(7-9-17)24-14-12-23(13-15-24)11-10-20(25)22-19-5-3-2-4-18(19)21/h2-9H,10-15H2,1H3,(H,22,25). The van der Waals surface area contributed by atoms with E-state index in [9.17, 15) is 9.18 Å². The van der Waals surface area contributed by atoms with Crippen LogP contribution in [0.2, 0.25) is 0 Å². The normalized spacial score (nSPS) is 14.9. The van der Waals surface area contributed by atoms with Crippen molar-refractivity contribution < 1.29 is 13.9 Å². The van der Waals surface area contributed by atoms with Crippen molar-refractivity contribution in [3.63, 3.8) is 0 Å². The molecule has 0 bridgehead atoms. The first kappa shape index (κ1) is 18.2. The Morgan fingerprint density at radius 3 is 2.42 bits per heavy atom. The molecule has 0 spiro atoms. The average molecular weight is 357 g/mol. The maximum absolute atomic E-state index is 13.6. The zero-order valence-electron chi connectivity index (χ0n) is 15.0. The van der Waals surface area contributed by atoms with E-state index in [1.807, 2.05) is 12.1 Å². The summed E-state index contributed by atoms with van der Waals surface area (Å²) >= 11 is 0. The number of para-hydroxylation sites is 1. The molecule has 6 heteroatoms. The van der Waals surface area contributed by atoms with Crippen molar-refractivity contribution in [1.82, 2.24) is 4.90 Å². The molecule has 1 heterocycles. The van der Waals surface area contributed by atoms with Crippen molar-refractivity contribution in [2.75, 3.05) is 50.1 Å². The number of methoxy groups -OCH3 is 1. The van der Waals surface area contributed by atoms with E-state index in [2.05, 4.69) is 27.2 Å². The fourth-order valence-corrected chi connectivity index (χ4v) is 3.06. The third kappa shape index (κ3) is 4.73. The van der Waals surface area contributed by atoms with Gasteiger partial charge in [0.2, 0.25) is 5.91 Å². The van der Waals surface area contributed by atoms with Crippen molar-refractivity contribution >= 4 is 17.3 Å². The molecule has 0 aromatic heterocycles. The van der Waals surface area contributed by atoms with E-state index in [4.69, 9.17) is 4.74 Å². The first-order valence-electron chi connectivity index (χ1n) is 8.81. The second-order valence-corrected chi connectivity index (χ2v) is 6.30. The lowest BCUT2D eigenvalue weighted by molar-refractivity contribution is -0.116. The number of hydrogen-bond donors (Lipinski definition) is 1. The summed E-state index contributed by atoms with van der Waals surface area (Å²) in [6.45, 7) is 4.32. The Balaban J connectivity index is 1.42. The number of nitrogens with one attached hydrogen (secondary N) is 1. The van der Waals surface area contributed by atoms with Gasteiger partial charge in [-0.3, -0.25) is 9.69 Å². The molecule has 1 fully saturated rings. The Morgan fingerprint density at radius 1 is 1.08 bits per heavy atom. The molecule has 0 saturated carbocycles. The van der Waals surface area contributed by atoms with Gasteiger partial charge in [0.25, 0.3) is 0 Å². The topological polar surface area (TPSA) is 44.8 Å². The van der Waals surface area contributed by atoms with E-state index in [0.717, 1.165) is 31.9 Å². The lowest BCUT2D eigenvalue weighted by Crippen LogP contribution is -2.47. The predicted octanol–water partition coefficient (Wildman–Crippen LogP) is 2.99. The molecule has 5 nitrogen and oxygen atoms in total. The number of carbonyl (C=O) groups is 1. The van der Waals surface area contributed by atoms with Crippen LogP contribution < -0.4 is 15.0 Å². The molecule has 0 unspecified atom stereocenters. The minimum Gasteiger partial charge on any atom is -0.497 e. The Hall–Kier alpha value is -2.60. The van der Waals surface area contributed by atoms with Crippen LogP contribution in [-0.4, -0.2) is 50.6 Å². The van der Waals surface area contributed by atoms with Gasteiger partial charge in [-0.1, -0.05) is 12.1 Å². The molecule has 1 N–H and O–H groups in total. The van der Waals surface area contributed by atoms with Crippen LogP contribution in [0.3, 0.4) is 0 Å². The third-order valence-corrected chi connectivity index (χ3v) is 4.61. The summed E-state index contributed by atoms with van der Waals surface area (Å²) in [6.07, 6.45) is 0.358. The summed E-state index contributed by atoms with van der Waals surface area (Å²) in [7, 11) is 1.66. The maximum Gasteiger partial charge on any atom is 0.225 e. The van der Waals surface area contributed by atoms with Crippen LogP contribution in [0.4, 0.5) is 15.8 Å². The molecular formula is C20H24FN3O2. The Labute approximate surface area is 153 Å². The lowest BCUT2D eigenvalue weighted by Gasteiger charge is -2.36. The van der Waals surface area contributed by atoms with Gasteiger partial charge < -0.3 is 15.0 Å². The van der Waals surface area contributed by atoms with Crippen LogP contribution in [0.25, 0.3) is 0 Å². The van der Waals surface area contributed by atoms with Gasteiger partial charge in [0.1, 0.15) is 11.6 Å². The maximum atomic E-state index is 13.6. The quantitative estimate of drug-likeness (QED) is 0.863. The van der Waals surface area contributed by atoms with Crippen LogP contribution in [0.5, 0.6) is 5.75 Å². The first-order valence-corrected chi connectivity index (χ1v) is 8.81. The zero-order chi connectivity index (χ0) is 18.4. The number of rotatable bonds is 6. The Bertz CT molecular complexity index is 728.